The van der Waals surface area contributed by atoms with Gasteiger partial charge >= 0.3 is 5.97 Å². The van der Waals surface area contributed by atoms with Crippen LogP contribution in [0.25, 0.3) is 0 Å². The van der Waals surface area contributed by atoms with Crippen LogP contribution in [0.4, 0.5) is 0 Å². The molecular formula is C19H27N3O5. The van der Waals surface area contributed by atoms with E-state index in [0.29, 0.717) is 29.0 Å². The number of ether oxygens (including phenoxy) is 1. The lowest BCUT2D eigenvalue weighted by molar-refractivity contribution is -0.139. The number of Topliss-reactive ketones (excluding diaryl/α,β-unsaturated/α-hetero) is 1. The zero-order chi connectivity index (χ0) is 20.7. The first-order valence-corrected chi connectivity index (χ1v) is 8.71. The van der Waals surface area contributed by atoms with Gasteiger partial charge in [0.1, 0.15) is 5.70 Å². The van der Waals surface area contributed by atoms with Crippen molar-refractivity contribution in [3.63, 3.8) is 0 Å². The summed E-state index contributed by atoms with van der Waals surface area (Å²) in [6.07, 6.45) is 3.21. The Labute approximate surface area is 159 Å². The molecule has 0 fully saturated rings. The maximum atomic E-state index is 12.0. The quantitative estimate of drug-likeness (QED) is 0.464. The summed E-state index contributed by atoms with van der Waals surface area (Å²) in [5.74, 6) is -1.93. The van der Waals surface area contributed by atoms with Gasteiger partial charge in [0, 0.05) is 17.8 Å². The molecule has 1 unspecified atom stereocenters. The Morgan fingerprint density at radius 3 is 2.56 bits per heavy atom. The molecule has 0 bridgehead atoms. The Bertz CT molecular complexity index is 719. The third-order valence-electron chi connectivity index (χ3n) is 3.87. The van der Waals surface area contributed by atoms with Crippen molar-refractivity contribution in [3.05, 3.63) is 35.3 Å². The van der Waals surface area contributed by atoms with Crippen LogP contribution in [0.5, 0.6) is 0 Å². The van der Waals surface area contributed by atoms with E-state index in [0.717, 1.165) is 6.42 Å². The number of carboxylic acid groups (broad SMARTS) is 1. The molecule has 8 nitrogen and oxygen atoms in total. The van der Waals surface area contributed by atoms with Gasteiger partial charge in [0.05, 0.1) is 11.7 Å². The van der Waals surface area contributed by atoms with Crippen molar-refractivity contribution in [1.82, 2.24) is 4.90 Å². The number of aldehydes is 1. The minimum Gasteiger partial charge on any atom is -0.479 e. The highest BCUT2D eigenvalue weighted by molar-refractivity contribution is 6.28. The van der Waals surface area contributed by atoms with Gasteiger partial charge in [-0.15, -0.1) is 0 Å². The van der Waals surface area contributed by atoms with Gasteiger partial charge in [0.2, 0.25) is 11.7 Å². The molecule has 1 atom stereocenters. The second-order valence-electron chi connectivity index (χ2n) is 6.48. The second-order valence-corrected chi connectivity index (χ2v) is 6.48. The van der Waals surface area contributed by atoms with Crippen LogP contribution in [0.3, 0.4) is 0 Å². The number of nitrogens with two attached hydrogens (primary N) is 1. The molecule has 1 rings (SSSR count). The van der Waals surface area contributed by atoms with Crippen LogP contribution in [-0.2, 0) is 19.1 Å². The molecule has 0 amide bonds. The lowest BCUT2D eigenvalue weighted by Crippen LogP contribution is -2.41. The Hall–Kier alpha value is -2.74. The third kappa shape index (κ3) is 5.62. The number of ketones is 1. The number of allylic oxidation sites excluding steroid dienone is 1. The van der Waals surface area contributed by atoms with Gasteiger partial charge in [-0.05, 0) is 32.8 Å². The standard InChI is InChI=1S/C19H27N3O5/c1-6-7-12(4)16(17(20)14(24)9-23)18-19(27-10-15(25)26)21-13(5)8-22(18)11(2)3/h8-9,11,17H,4,6-7,10,20H2,1-3,5H3,(H,25,26)/b18-16+. The van der Waals surface area contributed by atoms with Crippen molar-refractivity contribution < 1.29 is 24.2 Å². The number of hydrogen-bond donors (Lipinski definition) is 2. The van der Waals surface area contributed by atoms with Crippen LogP contribution in [0.2, 0.25) is 0 Å². The van der Waals surface area contributed by atoms with Gasteiger partial charge in [-0.1, -0.05) is 19.9 Å². The summed E-state index contributed by atoms with van der Waals surface area (Å²) in [4.78, 5) is 40.1. The molecule has 148 valence electrons. The van der Waals surface area contributed by atoms with Gasteiger partial charge in [-0.3, -0.25) is 9.59 Å². The lowest BCUT2D eigenvalue weighted by Gasteiger charge is -2.34. The first-order chi connectivity index (χ1) is 12.6. The van der Waals surface area contributed by atoms with Crippen molar-refractivity contribution >= 4 is 23.9 Å². The summed E-state index contributed by atoms with van der Waals surface area (Å²) >= 11 is 0. The van der Waals surface area contributed by atoms with Crippen molar-refractivity contribution in [2.75, 3.05) is 6.61 Å². The molecule has 1 aliphatic rings. The van der Waals surface area contributed by atoms with E-state index in [1.54, 1.807) is 18.0 Å². The monoisotopic (exact) mass is 377 g/mol. The number of aliphatic carboxylic acids is 1. The van der Waals surface area contributed by atoms with Gasteiger partial charge in [0.15, 0.2) is 12.9 Å². The van der Waals surface area contributed by atoms with Gasteiger partial charge in [0.25, 0.3) is 0 Å². The Morgan fingerprint density at radius 2 is 2.07 bits per heavy atom. The van der Waals surface area contributed by atoms with Crippen molar-refractivity contribution in [1.29, 1.82) is 0 Å². The summed E-state index contributed by atoms with van der Waals surface area (Å²) in [5.41, 5.74) is 7.93. The van der Waals surface area contributed by atoms with E-state index in [1.165, 1.54) is 0 Å². The number of carbonyl (C=O) groups is 3. The smallest absolute Gasteiger partial charge is 0.341 e. The Balaban J connectivity index is 3.69. The van der Waals surface area contributed by atoms with E-state index in [-0.39, 0.29) is 18.2 Å². The largest absolute Gasteiger partial charge is 0.479 e. The topological polar surface area (TPSA) is 122 Å². The molecule has 0 saturated carbocycles. The molecule has 0 aromatic heterocycles. The zero-order valence-electron chi connectivity index (χ0n) is 16.2. The van der Waals surface area contributed by atoms with Gasteiger partial charge in [-0.25, -0.2) is 9.79 Å². The predicted molar refractivity (Wildman–Crippen MR) is 102 cm³/mol. The molecule has 0 radical (unpaired) electrons. The molecule has 1 aliphatic heterocycles. The minimum absolute atomic E-state index is 0.0347. The van der Waals surface area contributed by atoms with Crippen molar-refractivity contribution in [3.8, 4) is 0 Å². The van der Waals surface area contributed by atoms with E-state index in [2.05, 4.69) is 11.6 Å². The number of aliphatic imine (C=N–C) groups is 1. The van der Waals surface area contributed by atoms with Gasteiger partial charge < -0.3 is 20.5 Å². The van der Waals surface area contributed by atoms with E-state index >= 15 is 0 Å². The molecule has 0 aromatic rings. The maximum Gasteiger partial charge on any atom is 0.341 e. The fourth-order valence-electron chi connectivity index (χ4n) is 2.70. The van der Waals surface area contributed by atoms with Crippen LogP contribution in [0, 0.1) is 0 Å². The number of rotatable bonds is 9. The average Bonchev–Trinajstić information content (AvgIpc) is 2.60. The van der Waals surface area contributed by atoms with Crippen molar-refractivity contribution in [2.24, 2.45) is 10.7 Å². The molecule has 27 heavy (non-hydrogen) atoms. The van der Waals surface area contributed by atoms with Crippen LogP contribution in [0.1, 0.15) is 40.5 Å². The predicted octanol–water partition coefficient (Wildman–Crippen LogP) is 1.78. The highest BCUT2D eigenvalue weighted by Crippen LogP contribution is 2.30. The third-order valence-corrected chi connectivity index (χ3v) is 3.87. The normalized spacial score (nSPS) is 17.0. The van der Waals surface area contributed by atoms with Crippen LogP contribution >= 0.6 is 0 Å². The van der Waals surface area contributed by atoms with Crippen molar-refractivity contribution in [2.45, 2.75) is 52.6 Å². The lowest BCUT2D eigenvalue weighted by atomic mass is 9.91. The molecule has 3 N–H and O–H groups in total. The summed E-state index contributed by atoms with van der Waals surface area (Å²) in [7, 11) is 0. The summed E-state index contributed by atoms with van der Waals surface area (Å²) in [6, 6.07) is -1.32. The van der Waals surface area contributed by atoms with E-state index in [9.17, 15) is 14.4 Å². The molecule has 0 aliphatic carbocycles. The first kappa shape index (κ1) is 22.3. The summed E-state index contributed by atoms with van der Waals surface area (Å²) in [5, 5.41) is 8.97. The van der Waals surface area contributed by atoms with E-state index in [4.69, 9.17) is 15.6 Å². The fourth-order valence-corrected chi connectivity index (χ4v) is 2.70. The maximum absolute atomic E-state index is 12.0. The Morgan fingerprint density at radius 1 is 1.44 bits per heavy atom. The molecule has 0 spiro atoms. The molecule has 1 heterocycles. The highest BCUT2D eigenvalue weighted by atomic mass is 16.5. The number of carbonyl (C=O) groups excluding carboxylic acids is 2. The van der Waals surface area contributed by atoms with E-state index in [1.807, 2.05) is 20.8 Å². The minimum atomic E-state index is -1.25. The molecule has 0 saturated heterocycles. The van der Waals surface area contributed by atoms with Gasteiger partial charge in [-0.2, -0.15) is 0 Å². The summed E-state index contributed by atoms with van der Waals surface area (Å²) < 4.78 is 5.39. The number of hydrogen-bond acceptors (Lipinski definition) is 7. The van der Waals surface area contributed by atoms with Crippen LogP contribution in [-0.4, -0.2) is 52.6 Å². The molecular weight excluding hydrogens is 350 g/mol. The second kappa shape index (κ2) is 9.82. The summed E-state index contributed by atoms with van der Waals surface area (Å²) in [6.45, 7) is 10.9. The van der Waals surface area contributed by atoms with E-state index < -0.39 is 24.4 Å². The fraction of sp³-hybridized carbons (Fsp3) is 0.474. The molecule has 8 heteroatoms. The van der Waals surface area contributed by atoms with Crippen LogP contribution in [0.15, 0.2) is 40.3 Å². The Kier molecular flexibility index (Phi) is 8.11. The average molecular weight is 377 g/mol. The highest BCUT2D eigenvalue weighted by Gasteiger charge is 2.32. The first-order valence-electron chi connectivity index (χ1n) is 8.71. The SMILES string of the molecule is C=C(CCC)/C(=C1/C(OCC(=O)O)=NC(C)=CN1C(C)C)C(N)C(=O)C=O. The number of nitrogens with zero attached hydrogens (tertiary/aromatic N) is 2. The zero-order valence-corrected chi connectivity index (χ0v) is 16.2. The van der Waals surface area contributed by atoms with Crippen LogP contribution < -0.4 is 5.73 Å². The molecule has 0 aromatic carbocycles. The number of carboxylic acids is 1.